The molecule has 1 aromatic carbocycles. The molecule has 0 N–H and O–H groups in total. The second-order valence-corrected chi connectivity index (χ2v) is 8.71. The molecule has 0 heterocycles. The normalized spacial score (nSPS) is 29.5. The van der Waals surface area contributed by atoms with E-state index in [1.807, 2.05) is 12.1 Å². The van der Waals surface area contributed by atoms with E-state index in [0.717, 1.165) is 17.8 Å². The van der Waals surface area contributed by atoms with Gasteiger partial charge >= 0.3 is 0 Å². The second-order valence-electron chi connectivity index (χ2n) is 8.71. The summed E-state index contributed by atoms with van der Waals surface area (Å²) < 4.78 is 12.5. The molecule has 0 bridgehead atoms. The number of carbonyl (C=O) groups is 1. The van der Waals surface area contributed by atoms with Crippen LogP contribution in [0.4, 0.5) is 4.39 Å². The van der Waals surface area contributed by atoms with Gasteiger partial charge in [0.1, 0.15) is 0 Å². The summed E-state index contributed by atoms with van der Waals surface area (Å²) >= 11 is 0. The largest absolute Gasteiger partial charge is 0.291 e. The highest BCUT2D eigenvalue weighted by molar-refractivity contribution is 5.96. The van der Waals surface area contributed by atoms with Gasteiger partial charge in [-0.25, -0.2) is 4.39 Å². The van der Waals surface area contributed by atoms with Gasteiger partial charge in [-0.05, 0) is 67.8 Å². The molecule has 1 nitrogen and oxygen atoms in total. The number of Topliss-reactive ketones (excluding diaryl/α,β-unsaturated/α-hetero) is 1. The molecule has 26 heavy (non-hydrogen) atoms. The Morgan fingerprint density at radius 2 is 1.50 bits per heavy atom. The third kappa shape index (κ3) is 4.96. The first-order valence-electron chi connectivity index (χ1n) is 10.9. The molecule has 144 valence electrons. The Morgan fingerprint density at radius 1 is 0.923 bits per heavy atom. The summed E-state index contributed by atoms with van der Waals surface area (Å²) in [6.45, 7) is 1.40. The standard InChI is InChI=1S/C24H35FO/c1-2-3-4-18-5-7-19(8-6-18)20-9-11-21(12-10-20)22-13-15-23(16-14-22)24(26)17-25/h13-16,18-21H,2-12,17H2,1H3. The van der Waals surface area contributed by atoms with E-state index in [1.54, 1.807) is 12.1 Å². The highest BCUT2D eigenvalue weighted by Gasteiger charge is 2.31. The fourth-order valence-corrected chi connectivity index (χ4v) is 5.38. The van der Waals surface area contributed by atoms with Gasteiger partial charge in [0, 0.05) is 5.56 Å². The van der Waals surface area contributed by atoms with E-state index in [0.29, 0.717) is 11.5 Å². The number of hydrogen-bond acceptors (Lipinski definition) is 1. The van der Waals surface area contributed by atoms with Gasteiger partial charge in [-0.15, -0.1) is 0 Å². The fraction of sp³-hybridized carbons (Fsp3) is 0.708. The molecule has 0 spiro atoms. The van der Waals surface area contributed by atoms with Gasteiger partial charge in [-0.1, -0.05) is 63.3 Å². The third-order valence-corrected chi connectivity index (χ3v) is 7.12. The van der Waals surface area contributed by atoms with E-state index in [1.165, 1.54) is 76.2 Å². The summed E-state index contributed by atoms with van der Waals surface area (Å²) in [6.07, 6.45) is 15.3. The van der Waals surface area contributed by atoms with E-state index >= 15 is 0 Å². The molecule has 0 atom stereocenters. The van der Waals surface area contributed by atoms with Gasteiger partial charge in [-0.2, -0.15) is 0 Å². The van der Waals surface area contributed by atoms with E-state index in [4.69, 9.17) is 0 Å². The number of carbonyl (C=O) groups excluding carboxylic acids is 1. The topological polar surface area (TPSA) is 17.1 Å². The Labute approximate surface area is 158 Å². The summed E-state index contributed by atoms with van der Waals surface area (Å²) in [7, 11) is 0. The molecule has 2 aliphatic rings. The van der Waals surface area contributed by atoms with Gasteiger partial charge in [0.2, 0.25) is 0 Å². The lowest BCUT2D eigenvalue weighted by molar-refractivity contribution is 0.0958. The van der Waals surface area contributed by atoms with Gasteiger partial charge in [0.25, 0.3) is 0 Å². The molecule has 2 fully saturated rings. The van der Waals surface area contributed by atoms with Crippen LogP contribution in [0.2, 0.25) is 0 Å². The number of rotatable bonds is 7. The van der Waals surface area contributed by atoms with E-state index < -0.39 is 12.5 Å². The molecular weight excluding hydrogens is 323 g/mol. The quantitative estimate of drug-likeness (QED) is 0.475. The summed E-state index contributed by atoms with van der Waals surface area (Å²) in [5, 5.41) is 0. The third-order valence-electron chi connectivity index (χ3n) is 7.12. The number of ketones is 1. The zero-order chi connectivity index (χ0) is 18.4. The summed E-state index contributed by atoms with van der Waals surface area (Å²) in [5.41, 5.74) is 1.84. The van der Waals surface area contributed by atoms with E-state index in [2.05, 4.69) is 6.92 Å². The number of benzene rings is 1. The maximum absolute atomic E-state index is 12.5. The SMILES string of the molecule is CCCCC1CCC(C2CCC(c3ccc(C(=O)CF)cc3)CC2)CC1. The van der Waals surface area contributed by atoms with Crippen LogP contribution in [0.15, 0.2) is 24.3 Å². The highest BCUT2D eigenvalue weighted by Crippen LogP contribution is 2.44. The first kappa shape index (κ1) is 19.6. The monoisotopic (exact) mass is 358 g/mol. The van der Waals surface area contributed by atoms with Crippen LogP contribution in [0.1, 0.15) is 99.4 Å². The average molecular weight is 359 g/mol. The van der Waals surface area contributed by atoms with Crippen LogP contribution >= 0.6 is 0 Å². The molecular formula is C24H35FO. The Balaban J connectivity index is 1.45. The van der Waals surface area contributed by atoms with Crippen molar-refractivity contribution >= 4 is 5.78 Å². The van der Waals surface area contributed by atoms with Crippen molar-refractivity contribution in [3.63, 3.8) is 0 Å². The molecule has 2 heteroatoms. The minimum atomic E-state index is -0.898. The predicted molar refractivity (Wildman–Crippen MR) is 106 cm³/mol. The van der Waals surface area contributed by atoms with Crippen molar-refractivity contribution in [2.45, 2.75) is 83.5 Å². The molecule has 3 rings (SSSR count). The van der Waals surface area contributed by atoms with Crippen LogP contribution in [-0.4, -0.2) is 12.5 Å². The van der Waals surface area contributed by atoms with Crippen LogP contribution in [0.3, 0.4) is 0 Å². The number of hydrogen-bond donors (Lipinski definition) is 0. The molecule has 2 saturated carbocycles. The summed E-state index contributed by atoms with van der Waals surface area (Å²) in [4.78, 5) is 11.4. The van der Waals surface area contributed by atoms with Crippen LogP contribution in [-0.2, 0) is 0 Å². The summed E-state index contributed by atoms with van der Waals surface area (Å²) in [6, 6.07) is 7.71. The number of alkyl halides is 1. The van der Waals surface area contributed by atoms with Crippen molar-refractivity contribution in [2.75, 3.05) is 6.67 Å². The minimum Gasteiger partial charge on any atom is -0.291 e. The summed E-state index contributed by atoms with van der Waals surface area (Å²) in [5.74, 6) is 3.13. The first-order valence-corrected chi connectivity index (χ1v) is 10.9. The Kier molecular flexibility index (Phi) is 7.28. The molecule has 0 amide bonds. The first-order chi connectivity index (χ1) is 12.7. The van der Waals surface area contributed by atoms with E-state index in [-0.39, 0.29) is 0 Å². The Morgan fingerprint density at radius 3 is 2.04 bits per heavy atom. The molecule has 0 unspecified atom stereocenters. The van der Waals surface area contributed by atoms with Gasteiger partial charge < -0.3 is 0 Å². The van der Waals surface area contributed by atoms with E-state index in [9.17, 15) is 9.18 Å². The van der Waals surface area contributed by atoms with Crippen molar-refractivity contribution in [3.05, 3.63) is 35.4 Å². The highest BCUT2D eigenvalue weighted by atomic mass is 19.1. The maximum Gasteiger partial charge on any atom is 0.193 e. The fourth-order valence-electron chi connectivity index (χ4n) is 5.38. The number of unbranched alkanes of at least 4 members (excludes halogenated alkanes) is 1. The van der Waals surface area contributed by atoms with Crippen molar-refractivity contribution in [1.82, 2.24) is 0 Å². The molecule has 0 radical (unpaired) electrons. The smallest absolute Gasteiger partial charge is 0.193 e. The maximum atomic E-state index is 12.5. The second kappa shape index (κ2) is 9.67. The lowest BCUT2D eigenvalue weighted by Gasteiger charge is -2.38. The van der Waals surface area contributed by atoms with Gasteiger partial charge in [0.05, 0.1) is 0 Å². The van der Waals surface area contributed by atoms with Crippen LogP contribution in [0.25, 0.3) is 0 Å². The molecule has 0 saturated heterocycles. The molecule has 1 aromatic rings. The van der Waals surface area contributed by atoms with Gasteiger partial charge in [-0.3, -0.25) is 4.79 Å². The molecule has 0 aromatic heterocycles. The predicted octanol–water partition coefficient (Wildman–Crippen LogP) is 7.11. The zero-order valence-corrected chi connectivity index (χ0v) is 16.4. The van der Waals surface area contributed by atoms with Crippen LogP contribution in [0, 0.1) is 17.8 Å². The van der Waals surface area contributed by atoms with Crippen molar-refractivity contribution in [2.24, 2.45) is 17.8 Å². The van der Waals surface area contributed by atoms with Crippen molar-refractivity contribution in [1.29, 1.82) is 0 Å². The molecule has 0 aliphatic heterocycles. The van der Waals surface area contributed by atoms with Crippen LogP contribution < -0.4 is 0 Å². The minimum absolute atomic E-state index is 0.408. The van der Waals surface area contributed by atoms with Crippen molar-refractivity contribution in [3.8, 4) is 0 Å². The zero-order valence-electron chi connectivity index (χ0n) is 16.4. The Hall–Kier alpha value is -1.18. The molecule has 2 aliphatic carbocycles. The lowest BCUT2D eigenvalue weighted by atomic mass is 9.68. The van der Waals surface area contributed by atoms with Gasteiger partial charge in [0.15, 0.2) is 12.5 Å². The lowest BCUT2D eigenvalue weighted by Crippen LogP contribution is -2.25. The van der Waals surface area contributed by atoms with Crippen molar-refractivity contribution < 1.29 is 9.18 Å². The number of halogens is 1. The Bertz CT molecular complexity index is 548. The van der Waals surface area contributed by atoms with Crippen LogP contribution in [0.5, 0.6) is 0 Å². The average Bonchev–Trinajstić information content (AvgIpc) is 2.72.